The predicted octanol–water partition coefficient (Wildman–Crippen LogP) is 18.3. The SMILES string of the molecule is CCCCCCCCCCN(C(=O)C(F)CCCCN(C)C)C(CCCCCCCCC(=O)OCC(CCCC)CCCCCC)CCCCCCCCC(=O)OCC(CCCC)CCCCCC. The number of nitrogens with zero attached hydrogens (tertiary/aromatic N) is 2. The number of alkyl halides is 1. The molecule has 410 valence electrons. The summed E-state index contributed by atoms with van der Waals surface area (Å²) >= 11 is 0. The van der Waals surface area contributed by atoms with Crippen LogP contribution < -0.4 is 0 Å². The maximum Gasteiger partial charge on any atom is 0.305 e. The molecule has 1 amide bonds. The Morgan fingerprint density at radius 3 is 1.12 bits per heavy atom. The molecule has 8 heteroatoms. The van der Waals surface area contributed by atoms with Crippen LogP contribution in [0.4, 0.5) is 4.39 Å². The minimum atomic E-state index is -1.43. The second-order valence-electron chi connectivity index (χ2n) is 21.8. The van der Waals surface area contributed by atoms with Crippen LogP contribution in [0.3, 0.4) is 0 Å². The molecule has 0 radical (unpaired) electrons. The standard InChI is InChI=1S/C61H119FN2O5/c1-8-13-18-21-22-27-32-40-52-64(61(67)58(62)48-39-41-51-63(6)7)57(46-35-28-23-25-30-37-49-59(65)68-53-55(42-16-11-4)44-33-19-14-9-2)47-36-29-24-26-31-38-50-60(66)69-54-56(43-17-12-5)45-34-20-15-10-3/h55-58H,8-54H2,1-7H3. The van der Waals surface area contributed by atoms with Gasteiger partial charge in [0.1, 0.15) is 0 Å². The average molecular weight is 980 g/mol. The zero-order valence-corrected chi connectivity index (χ0v) is 47.4. The number of hydrogen-bond donors (Lipinski definition) is 0. The molecule has 0 aliphatic carbocycles. The fourth-order valence-electron chi connectivity index (χ4n) is 10.0. The largest absolute Gasteiger partial charge is 0.465 e. The Labute approximate surface area is 429 Å². The van der Waals surface area contributed by atoms with Gasteiger partial charge < -0.3 is 19.3 Å². The summed E-state index contributed by atoms with van der Waals surface area (Å²) in [5, 5.41) is 0. The molecule has 3 atom stereocenters. The third-order valence-corrected chi connectivity index (χ3v) is 14.7. The number of hydrogen-bond acceptors (Lipinski definition) is 6. The van der Waals surface area contributed by atoms with E-state index in [9.17, 15) is 14.4 Å². The third kappa shape index (κ3) is 43.6. The summed E-state index contributed by atoms with van der Waals surface area (Å²) in [7, 11) is 4.09. The second kappa shape index (κ2) is 51.2. The van der Waals surface area contributed by atoms with Crippen LogP contribution in [0.1, 0.15) is 311 Å². The molecule has 0 bridgehead atoms. The quantitative estimate of drug-likeness (QED) is 0.0446. The number of rotatable bonds is 54. The Morgan fingerprint density at radius 1 is 0.377 bits per heavy atom. The molecule has 0 aliphatic rings. The minimum absolute atomic E-state index is 0.0346. The van der Waals surface area contributed by atoms with Crippen molar-refractivity contribution in [1.29, 1.82) is 0 Å². The molecule has 3 unspecified atom stereocenters. The van der Waals surface area contributed by atoms with Crippen molar-refractivity contribution in [3.63, 3.8) is 0 Å². The lowest BCUT2D eigenvalue weighted by Crippen LogP contribution is -2.45. The topological polar surface area (TPSA) is 76.2 Å². The van der Waals surface area contributed by atoms with E-state index in [0.717, 1.165) is 135 Å². The van der Waals surface area contributed by atoms with Gasteiger partial charge in [-0.3, -0.25) is 14.4 Å². The van der Waals surface area contributed by atoms with E-state index in [-0.39, 0.29) is 23.9 Å². The van der Waals surface area contributed by atoms with Crippen molar-refractivity contribution in [3.8, 4) is 0 Å². The van der Waals surface area contributed by atoms with Gasteiger partial charge >= 0.3 is 11.9 Å². The number of halogens is 1. The highest BCUT2D eigenvalue weighted by Gasteiger charge is 2.29. The molecule has 7 nitrogen and oxygen atoms in total. The number of amides is 1. The van der Waals surface area contributed by atoms with Crippen LogP contribution in [0.25, 0.3) is 0 Å². The highest BCUT2D eigenvalue weighted by Crippen LogP contribution is 2.24. The highest BCUT2D eigenvalue weighted by molar-refractivity contribution is 5.81. The highest BCUT2D eigenvalue weighted by atomic mass is 19.1. The molecule has 0 rings (SSSR count). The Bertz CT molecular complexity index is 1070. The Kier molecular flexibility index (Phi) is 49.9. The predicted molar refractivity (Wildman–Crippen MR) is 295 cm³/mol. The Balaban J connectivity index is 5.26. The van der Waals surface area contributed by atoms with Gasteiger partial charge in [0.05, 0.1) is 13.2 Å². The summed E-state index contributed by atoms with van der Waals surface area (Å²) in [6.45, 7) is 14.0. The van der Waals surface area contributed by atoms with Crippen molar-refractivity contribution >= 4 is 17.8 Å². The van der Waals surface area contributed by atoms with Gasteiger partial charge in [-0.25, -0.2) is 4.39 Å². The smallest absolute Gasteiger partial charge is 0.305 e. The van der Waals surface area contributed by atoms with E-state index >= 15 is 4.39 Å². The van der Waals surface area contributed by atoms with E-state index < -0.39 is 6.17 Å². The monoisotopic (exact) mass is 979 g/mol. The van der Waals surface area contributed by atoms with Gasteiger partial charge in [-0.15, -0.1) is 0 Å². The lowest BCUT2D eigenvalue weighted by atomic mass is 9.96. The number of carbonyl (C=O) groups excluding carboxylic acids is 3. The normalized spacial score (nSPS) is 13.4. The van der Waals surface area contributed by atoms with Crippen LogP contribution in [0.5, 0.6) is 0 Å². The Morgan fingerprint density at radius 2 is 0.696 bits per heavy atom. The van der Waals surface area contributed by atoms with Gasteiger partial charge in [0.25, 0.3) is 5.91 Å². The molecular formula is C61H119FN2O5. The van der Waals surface area contributed by atoms with Gasteiger partial charge in [-0.1, -0.05) is 221 Å². The molecule has 0 N–H and O–H groups in total. The molecule has 0 saturated carbocycles. The minimum Gasteiger partial charge on any atom is -0.465 e. The molecular weight excluding hydrogens is 860 g/mol. The average Bonchev–Trinajstić information content (AvgIpc) is 3.34. The van der Waals surface area contributed by atoms with Crippen molar-refractivity contribution in [2.75, 3.05) is 40.4 Å². The summed E-state index contributed by atoms with van der Waals surface area (Å²) < 4.78 is 27.4. The van der Waals surface area contributed by atoms with E-state index in [2.05, 4.69) is 39.5 Å². The first-order chi connectivity index (χ1) is 33.6. The van der Waals surface area contributed by atoms with Crippen molar-refractivity contribution in [1.82, 2.24) is 9.80 Å². The zero-order chi connectivity index (χ0) is 50.8. The first-order valence-electron chi connectivity index (χ1n) is 30.5. The number of unbranched alkanes of at least 4 members (excludes halogenated alkanes) is 26. The molecule has 0 heterocycles. The first-order valence-corrected chi connectivity index (χ1v) is 30.5. The van der Waals surface area contributed by atoms with Crippen LogP contribution in [-0.4, -0.2) is 80.3 Å². The van der Waals surface area contributed by atoms with Gasteiger partial charge in [0.2, 0.25) is 0 Å². The summed E-state index contributed by atoms with van der Waals surface area (Å²) in [5.41, 5.74) is 0. The summed E-state index contributed by atoms with van der Waals surface area (Å²) in [6, 6.07) is 0.0761. The molecule has 0 aromatic rings. The molecule has 0 aromatic carbocycles. The third-order valence-electron chi connectivity index (χ3n) is 14.7. The fraction of sp³-hybridized carbons (Fsp3) is 0.951. The van der Waals surface area contributed by atoms with E-state index in [1.807, 2.05) is 19.0 Å². The van der Waals surface area contributed by atoms with Crippen LogP contribution in [-0.2, 0) is 23.9 Å². The fourth-order valence-corrected chi connectivity index (χ4v) is 10.0. The van der Waals surface area contributed by atoms with Crippen molar-refractivity contribution in [2.45, 2.75) is 323 Å². The summed E-state index contributed by atoms with van der Waals surface area (Å²) in [4.78, 5) is 43.5. The van der Waals surface area contributed by atoms with E-state index in [0.29, 0.717) is 50.9 Å². The van der Waals surface area contributed by atoms with Gasteiger partial charge in [-0.05, 0) is 110 Å². The van der Waals surface area contributed by atoms with Crippen molar-refractivity contribution in [2.24, 2.45) is 11.8 Å². The van der Waals surface area contributed by atoms with Crippen LogP contribution in [0.2, 0.25) is 0 Å². The molecule has 0 spiro atoms. The van der Waals surface area contributed by atoms with Crippen molar-refractivity contribution < 1.29 is 28.2 Å². The molecule has 69 heavy (non-hydrogen) atoms. The maximum absolute atomic E-state index is 15.9. The Hall–Kier alpha value is -1.70. The van der Waals surface area contributed by atoms with Gasteiger partial charge in [0.15, 0.2) is 6.17 Å². The van der Waals surface area contributed by atoms with Crippen LogP contribution >= 0.6 is 0 Å². The molecule has 0 fully saturated rings. The summed E-state index contributed by atoms with van der Waals surface area (Å²) in [6.07, 6.45) is 45.1. The first kappa shape index (κ1) is 67.3. The van der Waals surface area contributed by atoms with Crippen LogP contribution in [0, 0.1) is 11.8 Å². The van der Waals surface area contributed by atoms with Gasteiger partial charge in [0, 0.05) is 25.4 Å². The molecule has 0 aromatic heterocycles. The lowest BCUT2D eigenvalue weighted by Gasteiger charge is -2.33. The van der Waals surface area contributed by atoms with E-state index in [1.54, 1.807) is 0 Å². The molecule has 0 saturated heterocycles. The van der Waals surface area contributed by atoms with Crippen LogP contribution in [0.15, 0.2) is 0 Å². The van der Waals surface area contributed by atoms with E-state index in [1.165, 1.54) is 128 Å². The lowest BCUT2D eigenvalue weighted by molar-refractivity contribution is -0.146. The van der Waals surface area contributed by atoms with E-state index in [4.69, 9.17) is 9.47 Å². The molecule has 0 aliphatic heterocycles. The zero-order valence-electron chi connectivity index (χ0n) is 47.4. The maximum atomic E-state index is 15.9. The second-order valence-corrected chi connectivity index (χ2v) is 21.8. The summed E-state index contributed by atoms with van der Waals surface area (Å²) in [5.74, 6) is 0.663. The van der Waals surface area contributed by atoms with Gasteiger partial charge in [-0.2, -0.15) is 0 Å². The van der Waals surface area contributed by atoms with Crippen molar-refractivity contribution in [3.05, 3.63) is 0 Å². The number of carbonyl (C=O) groups is 3. The number of ether oxygens (including phenoxy) is 2. The number of esters is 2.